The zero-order valence-electron chi connectivity index (χ0n) is 5.76. The Hall–Kier alpha value is -0.570. The van der Waals surface area contributed by atoms with E-state index >= 15 is 0 Å². The molecule has 2 N–H and O–H groups in total. The maximum Gasteiger partial charge on any atom is 0.124 e. The van der Waals surface area contributed by atoms with Crippen LogP contribution in [0.2, 0.25) is 0 Å². The highest BCUT2D eigenvalue weighted by atomic mass is 79.9. The Balaban J connectivity index is 3.06. The number of aromatic nitrogens is 1. The standard InChI is InChI=1S/C7H9BrN2/c1-2-5-3-6(8)10-7(9)4-5/h3-4H,2H2,1H3,(H2,9,10). The van der Waals surface area contributed by atoms with Crippen LogP contribution in [0.4, 0.5) is 5.82 Å². The van der Waals surface area contributed by atoms with Crippen LogP contribution in [0.1, 0.15) is 12.5 Å². The number of aryl methyl sites for hydroxylation is 1. The third-order valence-electron chi connectivity index (χ3n) is 1.28. The predicted octanol–water partition coefficient (Wildman–Crippen LogP) is 1.99. The molecular weight excluding hydrogens is 192 g/mol. The van der Waals surface area contributed by atoms with Gasteiger partial charge in [0.2, 0.25) is 0 Å². The summed E-state index contributed by atoms with van der Waals surface area (Å²) in [6.45, 7) is 2.08. The van der Waals surface area contributed by atoms with Gasteiger partial charge in [0, 0.05) is 0 Å². The molecule has 1 aromatic heterocycles. The highest BCUT2D eigenvalue weighted by Gasteiger charge is 1.94. The lowest BCUT2D eigenvalue weighted by molar-refractivity contribution is 1.11. The summed E-state index contributed by atoms with van der Waals surface area (Å²) < 4.78 is 0.810. The Morgan fingerprint density at radius 2 is 2.30 bits per heavy atom. The highest BCUT2D eigenvalue weighted by Crippen LogP contribution is 2.12. The number of hydrogen-bond donors (Lipinski definition) is 1. The molecule has 0 aliphatic rings. The lowest BCUT2D eigenvalue weighted by Gasteiger charge is -1.98. The minimum Gasteiger partial charge on any atom is -0.384 e. The van der Waals surface area contributed by atoms with Gasteiger partial charge in [-0.3, -0.25) is 0 Å². The molecule has 0 radical (unpaired) electrons. The first-order valence-corrected chi connectivity index (χ1v) is 3.93. The average molecular weight is 201 g/mol. The van der Waals surface area contributed by atoms with Crippen LogP contribution in [0.5, 0.6) is 0 Å². The summed E-state index contributed by atoms with van der Waals surface area (Å²) in [5, 5.41) is 0. The normalized spacial score (nSPS) is 9.80. The topological polar surface area (TPSA) is 38.9 Å². The molecule has 0 spiro atoms. The van der Waals surface area contributed by atoms with Gasteiger partial charge in [-0.25, -0.2) is 4.98 Å². The minimum absolute atomic E-state index is 0.575. The number of halogens is 1. The van der Waals surface area contributed by atoms with E-state index in [9.17, 15) is 0 Å². The summed E-state index contributed by atoms with van der Waals surface area (Å²) in [4.78, 5) is 3.98. The van der Waals surface area contributed by atoms with Gasteiger partial charge in [-0.2, -0.15) is 0 Å². The van der Waals surface area contributed by atoms with Crippen LogP contribution in [-0.2, 0) is 6.42 Å². The van der Waals surface area contributed by atoms with E-state index in [2.05, 4.69) is 27.8 Å². The molecule has 2 nitrogen and oxygen atoms in total. The number of nitrogen functional groups attached to an aromatic ring is 1. The summed E-state index contributed by atoms with van der Waals surface area (Å²) in [6.07, 6.45) is 0.991. The van der Waals surface area contributed by atoms with E-state index in [1.54, 1.807) is 0 Å². The zero-order chi connectivity index (χ0) is 7.56. The Morgan fingerprint density at radius 1 is 1.60 bits per heavy atom. The van der Waals surface area contributed by atoms with Gasteiger partial charge in [0.05, 0.1) is 0 Å². The number of nitrogens with zero attached hydrogens (tertiary/aromatic N) is 1. The molecule has 54 valence electrons. The van der Waals surface area contributed by atoms with Gasteiger partial charge < -0.3 is 5.73 Å². The van der Waals surface area contributed by atoms with Gasteiger partial charge in [-0.05, 0) is 40.0 Å². The zero-order valence-corrected chi connectivity index (χ0v) is 7.35. The molecule has 0 unspecified atom stereocenters. The van der Waals surface area contributed by atoms with Crippen molar-refractivity contribution < 1.29 is 0 Å². The molecule has 10 heavy (non-hydrogen) atoms. The largest absolute Gasteiger partial charge is 0.384 e. The van der Waals surface area contributed by atoms with Crippen molar-refractivity contribution in [1.29, 1.82) is 0 Å². The van der Waals surface area contributed by atoms with Crippen molar-refractivity contribution in [2.24, 2.45) is 0 Å². The third kappa shape index (κ3) is 1.70. The second-order valence-corrected chi connectivity index (χ2v) is 2.89. The molecule has 0 bridgehead atoms. The summed E-state index contributed by atoms with van der Waals surface area (Å²) >= 11 is 3.26. The first-order valence-electron chi connectivity index (χ1n) is 3.14. The Kier molecular flexibility index (Phi) is 2.27. The molecule has 1 rings (SSSR count). The fourth-order valence-electron chi connectivity index (χ4n) is 0.777. The summed E-state index contributed by atoms with van der Waals surface area (Å²) in [7, 11) is 0. The lowest BCUT2D eigenvalue weighted by Crippen LogP contribution is -1.92. The van der Waals surface area contributed by atoms with Gasteiger partial charge in [0.25, 0.3) is 0 Å². The smallest absolute Gasteiger partial charge is 0.124 e. The fraction of sp³-hybridized carbons (Fsp3) is 0.286. The van der Waals surface area contributed by atoms with E-state index in [-0.39, 0.29) is 0 Å². The molecule has 0 aliphatic carbocycles. The molecule has 0 fully saturated rings. The summed E-state index contributed by atoms with van der Waals surface area (Å²) in [5.74, 6) is 0.575. The molecule has 0 aliphatic heterocycles. The molecule has 0 amide bonds. The number of rotatable bonds is 1. The van der Waals surface area contributed by atoms with Crippen LogP contribution in [0.3, 0.4) is 0 Å². The molecule has 3 heteroatoms. The Bertz CT molecular complexity index is 215. The first-order chi connectivity index (χ1) is 4.72. The number of pyridine rings is 1. The van der Waals surface area contributed by atoms with Crippen molar-refractivity contribution in [3.8, 4) is 0 Å². The van der Waals surface area contributed by atoms with Crippen molar-refractivity contribution in [2.75, 3.05) is 5.73 Å². The van der Waals surface area contributed by atoms with E-state index in [1.807, 2.05) is 12.1 Å². The van der Waals surface area contributed by atoms with Gasteiger partial charge in [0.15, 0.2) is 0 Å². The molecule has 0 atom stereocenters. The quantitative estimate of drug-likeness (QED) is 0.705. The van der Waals surface area contributed by atoms with E-state index in [0.717, 1.165) is 11.0 Å². The van der Waals surface area contributed by atoms with E-state index < -0.39 is 0 Å². The van der Waals surface area contributed by atoms with Crippen LogP contribution in [0, 0.1) is 0 Å². The highest BCUT2D eigenvalue weighted by molar-refractivity contribution is 9.10. The van der Waals surface area contributed by atoms with E-state index in [1.165, 1.54) is 5.56 Å². The van der Waals surface area contributed by atoms with Gasteiger partial charge in [-0.15, -0.1) is 0 Å². The first kappa shape index (κ1) is 7.54. The second kappa shape index (κ2) is 3.01. The van der Waals surface area contributed by atoms with E-state index in [4.69, 9.17) is 5.73 Å². The average Bonchev–Trinajstić information content (AvgIpc) is 1.85. The SMILES string of the molecule is CCc1cc(N)nc(Br)c1. The number of nitrogens with two attached hydrogens (primary N) is 1. The van der Waals surface area contributed by atoms with Gasteiger partial charge >= 0.3 is 0 Å². The van der Waals surface area contributed by atoms with Gasteiger partial charge in [0.1, 0.15) is 10.4 Å². The van der Waals surface area contributed by atoms with Crippen molar-refractivity contribution >= 4 is 21.7 Å². The maximum atomic E-state index is 5.49. The Morgan fingerprint density at radius 3 is 2.80 bits per heavy atom. The van der Waals surface area contributed by atoms with Crippen molar-refractivity contribution in [1.82, 2.24) is 4.98 Å². The molecule has 1 heterocycles. The van der Waals surface area contributed by atoms with Crippen molar-refractivity contribution in [3.05, 3.63) is 22.3 Å². The summed E-state index contributed by atoms with van der Waals surface area (Å²) in [6, 6.07) is 3.85. The second-order valence-electron chi connectivity index (χ2n) is 2.08. The van der Waals surface area contributed by atoms with Crippen molar-refractivity contribution in [2.45, 2.75) is 13.3 Å². The molecule has 0 saturated heterocycles. The molecular formula is C7H9BrN2. The number of hydrogen-bond acceptors (Lipinski definition) is 2. The third-order valence-corrected chi connectivity index (χ3v) is 1.69. The van der Waals surface area contributed by atoms with Crippen LogP contribution < -0.4 is 5.73 Å². The molecule has 1 aromatic rings. The van der Waals surface area contributed by atoms with E-state index in [0.29, 0.717) is 5.82 Å². The predicted molar refractivity (Wildman–Crippen MR) is 45.7 cm³/mol. The Labute approximate surface area is 68.6 Å². The van der Waals surface area contributed by atoms with Crippen LogP contribution in [0.15, 0.2) is 16.7 Å². The summed E-state index contributed by atoms with van der Waals surface area (Å²) in [5.41, 5.74) is 6.70. The molecule has 0 aromatic carbocycles. The van der Waals surface area contributed by atoms with Crippen LogP contribution in [-0.4, -0.2) is 4.98 Å². The lowest BCUT2D eigenvalue weighted by atomic mass is 10.2. The fourth-order valence-corrected chi connectivity index (χ4v) is 1.28. The van der Waals surface area contributed by atoms with Crippen LogP contribution in [0.25, 0.3) is 0 Å². The number of anilines is 1. The van der Waals surface area contributed by atoms with Crippen LogP contribution >= 0.6 is 15.9 Å². The monoisotopic (exact) mass is 200 g/mol. The van der Waals surface area contributed by atoms with Gasteiger partial charge in [-0.1, -0.05) is 6.92 Å². The van der Waals surface area contributed by atoms with Crippen molar-refractivity contribution in [3.63, 3.8) is 0 Å². The minimum atomic E-state index is 0.575. The molecule has 0 saturated carbocycles. The maximum absolute atomic E-state index is 5.49.